The van der Waals surface area contributed by atoms with E-state index in [2.05, 4.69) is 12.2 Å². The van der Waals surface area contributed by atoms with E-state index in [9.17, 15) is 5.11 Å². The van der Waals surface area contributed by atoms with E-state index in [1.807, 2.05) is 7.05 Å². The van der Waals surface area contributed by atoms with Crippen LogP contribution in [0.1, 0.15) is 45.4 Å². The molecule has 0 aromatic heterocycles. The molecule has 2 N–H and O–H groups in total. The van der Waals surface area contributed by atoms with Crippen molar-refractivity contribution in [2.24, 2.45) is 0 Å². The molecule has 0 aromatic carbocycles. The highest BCUT2D eigenvalue weighted by molar-refractivity contribution is 4.91. The van der Waals surface area contributed by atoms with E-state index < -0.39 is 0 Å². The molecule has 1 rings (SSSR count). The van der Waals surface area contributed by atoms with Crippen molar-refractivity contribution in [2.75, 3.05) is 7.05 Å². The van der Waals surface area contributed by atoms with E-state index in [1.54, 1.807) is 0 Å². The molecule has 0 bridgehead atoms. The maximum absolute atomic E-state index is 9.38. The Hall–Kier alpha value is -0.0800. The summed E-state index contributed by atoms with van der Waals surface area (Å²) < 4.78 is 0. The van der Waals surface area contributed by atoms with E-state index in [4.69, 9.17) is 0 Å². The number of aliphatic hydroxyl groups is 1. The molecule has 2 heteroatoms. The molecule has 0 aromatic rings. The van der Waals surface area contributed by atoms with Gasteiger partial charge in [0.2, 0.25) is 0 Å². The molecule has 0 unspecified atom stereocenters. The SMILES string of the molecule is CCCC1(NC)CCC(O)CC1. The third kappa shape index (κ3) is 2.20. The summed E-state index contributed by atoms with van der Waals surface area (Å²) in [6, 6.07) is 0. The van der Waals surface area contributed by atoms with Crippen molar-refractivity contribution in [2.45, 2.75) is 57.1 Å². The molecule has 72 valence electrons. The number of rotatable bonds is 3. The second-order valence-electron chi connectivity index (χ2n) is 4.01. The quantitative estimate of drug-likeness (QED) is 0.677. The van der Waals surface area contributed by atoms with Crippen LogP contribution in [0.2, 0.25) is 0 Å². The van der Waals surface area contributed by atoms with E-state index >= 15 is 0 Å². The molecule has 2 nitrogen and oxygen atoms in total. The Morgan fingerprint density at radius 1 is 1.42 bits per heavy atom. The van der Waals surface area contributed by atoms with Gasteiger partial charge in [0.25, 0.3) is 0 Å². The van der Waals surface area contributed by atoms with Gasteiger partial charge in [-0.2, -0.15) is 0 Å². The van der Waals surface area contributed by atoms with Crippen LogP contribution in [0.4, 0.5) is 0 Å². The number of nitrogens with one attached hydrogen (secondary N) is 1. The van der Waals surface area contributed by atoms with Crippen LogP contribution in [-0.2, 0) is 0 Å². The fraction of sp³-hybridized carbons (Fsp3) is 1.00. The van der Waals surface area contributed by atoms with Crippen molar-refractivity contribution in [3.63, 3.8) is 0 Å². The lowest BCUT2D eigenvalue weighted by atomic mass is 9.78. The van der Waals surface area contributed by atoms with E-state index in [0.717, 1.165) is 25.7 Å². The third-order valence-corrected chi connectivity index (χ3v) is 3.17. The lowest BCUT2D eigenvalue weighted by molar-refractivity contribution is 0.0825. The molecule has 0 spiro atoms. The molecule has 1 saturated carbocycles. The normalized spacial score (nSPS) is 36.8. The molecule has 0 radical (unpaired) electrons. The summed E-state index contributed by atoms with van der Waals surface area (Å²) >= 11 is 0. The van der Waals surface area contributed by atoms with Gasteiger partial charge in [-0.3, -0.25) is 0 Å². The molecular weight excluding hydrogens is 150 g/mol. The van der Waals surface area contributed by atoms with E-state index in [1.165, 1.54) is 12.8 Å². The molecule has 1 aliphatic carbocycles. The van der Waals surface area contributed by atoms with Crippen molar-refractivity contribution >= 4 is 0 Å². The summed E-state index contributed by atoms with van der Waals surface area (Å²) in [5.74, 6) is 0. The van der Waals surface area contributed by atoms with Gasteiger partial charge in [0.1, 0.15) is 0 Å². The number of aliphatic hydroxyl groups excluding tert-OH is 1. The van der Waals surface area contributed by atoms with Gasteiger partial charge in [-0.15, -0.1) is 0 Å². The minimum absolute atomic E-state index is 0.0386. The average Bonchev–Trinajstić information content (AvgIpc) is 2.10. The summed E-state index contributed by atoms with van der Waals surface area (Å²) in [4.78, 5) is 0. The zero-order valence-electron chi connectivity index (χ0n) is 8.27. The average molecular weight is 171 g/mol. The second kappa shape index (κ2) is 4.24. The van der Waals surface area contributed by atoms with E-state index in [-0.39, 0.29) is 6.10 Å². The molecule has 12 heavy (non-hydrogen) atoms. The Balaban J connectivity index is 2.45. The van der Waals surface area contributed by atoms with Crippen molar-refractivity contribution in [3.05, 3.63) is 0 Å². The fourth-order valence-electron chi connectivity index (χ4n) is 2.26. The van der Waals surface area contributed by atoms with Crippen LogP contribution >= 0.6 is 0 Å². The Labute approximate surface area is 75.4 Å². The molecule has 0 aliphatic heterocycles. The van der Waals surface area contributed by atoms with Crippen LogP contribution in [-0.4, -0.2) is 23.8 Å². The Morgan fingerprint density at radius 3 is 2.42 bits per heavy atom. The standard InChI is InChI=1S/C10H21NO/c1-3-6-10(11-2)7-4-9(12)5-8-10/h9,11-12H,3-8H2,1-2H3. The van der Waals surface area contributed by atoms with Crippen molar-refractivity contribution in [1.82, 2.24) is 5.32 Å². The van der Waals surface area contributed by atoms with Crippen LogP contribution in [0, 0.1) is 0 Å². The minimum atomic E-state index is -0.0386. The number of hydrogen-bond donors (Lipinski definition) is 2. The molecule has 1 aliphatic rings. The molecule has 0 amide bonds. The first-order valence-electron chi connectivity index (χ1n) is 5.09. The van der Waals surface area contributed by atoms with Crippen LogP contribution < -0.4 is 5.32 Å². The molecular formula is C10H21NO. The smallest absolute Gasteiger partial charge is 0.0541 e. The maximum atomic E-state index is 9.38. The largest absolute Gasteiger partial charge is 0.393 e. The van der Waals surface area contributed by atoms with Gasteiger partial charge in [0, 0.05) is 5.54 Å². The Kier molecular flexibility index (Phi) is 3.53. The predicted octanol–water partition coefficient (Wildman–Crippen LogP) is 1.68. The van der Waals surface area contributed by atoms with Gasteiger partial charge < -0.3 is 10.4 Å². The first-order valence-corrected chi connectivity index (χ1v) is 5.09. The summed E-state index contributed by atoms with van der Waals surface area (Å²) in [5, 5.41) is 12.8. The van der Waals surface area contributed by atoms with Crippen molar-refractivity contribution in [1.29, 1.82) is 0 Å². The van der Waals surface area contributed by atoms with Crippen LogP contribution in [0.25, 0.3) is 0 Å². The summed E-state index contributed by atoms with van der Waals surface area (Å²) in [7, 11) is 2.05. The Bertz CT molecular complexity index is 128. The fourth-order valence-corrected chi connectivity index (χ4v) is 2.26. The zero-order chi connectivity index (χ0) is 9.03. The Morgan fingerprint density at radius 2 is 2.00 bits per heavy atom. The molecule has 0 atom stereocenters. The third-order valence-electron chi connectivity index (χ3n) is 3.17. The molecule has 0 saturated heterocycles. The first kappa shape index (κ1) is 10.0. The first-order chi connectivity index (χ1) is 5.72. The molecule has 1 fully saturated rings. The predicted molar refractivity (Wildman–Crippen MR) is 51.2 cm³/mol. The van der Waals surface area contributed by atoms with Gasteiger partial charge in [0.15, 0.2) is 0 Å². The van der Waals surface area contributed by atoms with Gasteiger partial charge in [-0.05, 0) is 39.2 Å². The highest BCUT2D eigenvalue weighted by Gasteiger charge is 2.31. The van der Waals surface area contributed by atoms with Crippen molar-refractivity contribution in [3.8, 4) is 0 Å². The maximum Gasteiger partial charge on any atom is 0.0541 e. The number of hydrogen-bond acceptors (Lipinski definition) is 2. The molecule has 0 heterocycles. The zero-order valence-corrected chi connectivity index (χ0v) is 8.27. The van der Waals surface area contributed by atoms with Gasteiger partial charge in [-0.1, -0.05) is 13.3 Å². The minimum Gasteiger partial charge on any atom is -0.393 e. The topological polar surface area (TPSA) is 32.3 Å². The van der Waals surface area contributed by atoms with E-state index in [0.29, 0.717) is 5.54 Å². The van der Waals surface area contributed by atoms with Crippen LogP contribution in [0.5, 0.6) is 0 Å². The van der Waals surface area contributed by atoms with Crippen molar-refractivity contribution < 1.29 is 5.11 Å². The summed E-state index contributed by atoms with van der Waals surface area (Å²) in [6.45, 7) is 2.23. The monoisotopic (exact) mass is 171 g/mol. The summed E-state index contributed by atoms with van der Waals surface area (Å²) in [5.41, 5.74) is 0.341. The van der Waals surface area contributed by atoms with Gasteiger partial charge in [-0.25, -0.2) is 0 Å². The van der Waals surface area contributed by atoms with Crippen LogP contribution in [0.15, 0.2) is 0 Å². The van der Waals surface area contributed by atoms with Crippen LogP contribution in [0.3, 0.4) is 0 Å². The lowest BCUT2D eigenvalue weighted by Crippen LogP contribution is -2.46. The second-order valence-corrected chi connectivity index (χ2v) is 4.01. The summed E-state index contributed by atoms with van der Waals surface area (Å²) in [6.07, 6.45) is 6.66. The highest BCUT2D eigenvalue weighted by atomic mass is 16.3. The highest BCUT2D eigenvalue weighted by Crippen LogP contribution is 2.31. The van der Waals surface area contributed by atoms with Gasteiger partial charge >= 0.3 is 0 Å². The lowest BCUT2D eigenvalue weighted by Gasteiger charge is -2.38. The van der Waals surface area contributed by atoms with Gasteiger partial charge in [0.05, 0.1) is 6.10 Å².